The van der Waals surface area contributed by atoms with E-state index in [1.807, 2.05) is 0 Å². The molecule has 0 aliphatic heterocycles. The molecule has 24 heavy (non-hydrogen) atoms. The number of aliphatic hydroxyl groups is 2. The van der Waals surface area contributed by atoms with E-state index in [-0.39, 0.29) is 35.0 Å². The Labute approximate surface area is 140 Å². The molecule has 1 aromatic rings. The summed E-state index contributed by atoms with van der Waals surface area (Å²) in [5.74, 6) is -0.892. The van der Waals surface area contributed by atoms with Crippen molar-refractivity contribution < 1.29 is 38.0 Å². The van der Waals surface area contributed by atoms with Gasteiger partial charge in [-0.1, -0.05) is 0 Å². The molecule has 1 aromatic carbocycles. The van der Waals surface area contributed by atoms with Crippen LogP contribution in [0.15, 0.2) is 17.0 Å². The highest BCUT2D eigenvalue weighted by Crippen LogP contribution is 2.34. The van der Waals surface area contributed by atoms with Gasteiger partial charge in [0.1, 0.15) is 0 Å². The van der Waals surface area contributed by atoms with Crippen LogP contribution in [0.25, 0.3) is 0 Å². The molecule has 136 valence electrons. The zero-order valence-corrected chi connectivity index (χ0v) is 14.2. The third kappa shape index (κ3) is 4.57. The summed E-state index contributed by atoms with van der Waals surface area (Å²) in [6.07, 6.45) is -0.541. The van der Waals surface area contributed by atoms with E-state index in [4.69, 9.17) is 24.8 Å². The van der Waals surface area contributed by atoms with E-state index in [0.29, 0.717) is 0 Å². The average Bonchev–Trinajstić information content (AvgIpc) is 2.53. The summed E-state index contributed by atoms with van der Waals surface area (Å²) in [5.41, 5.74) is 0.0148. The highest BCUT2D eigenvalue weighted by molar-refractivity contribution is 7.89. The maximum atomic E-state index is 12.8. The normalized spacial score (nSPS) is 11.5. The zero-order valence-electron chi connectivity index (χ0n) is 13.4. The molecule has 0 aliphatic carbocycles. The van der Waals surface area contributed by atoms with Crippen LogP contribution >= 0.6 is 0 Å². The number of hydrogen-bond acceptors (Lipinski definition) is 7. The number of nitrogens with zero attached hydrogens (tertiary/aromatic N) is 1. The maximum absolute atomic E-state index is 12.8. The van der Waals surface area contributed by atoms with E-state index in [2.05, 4.69) is 0 Å². The van der Waals surface area contributed by atoms with Crippen molar-refractivity contribution in [2.45, 2.75) is 11.3 Å². The van der Waals surface area contributed by atoms with Gasteiger partial charge in [0.25, 0.3) is 0 Å². The summed E-state index contributed by atoms with van der Waals surface area (Å²) in [6.45, 7) is -1.35. The molecule has 0 saturated heterocycles. The molecule has 0 unspecified atom stereocenters. The molecule has 1 rings (SSSR count). The van der Waals surface area contributed by atoms with Crippen LogP contribution in [-0.2, 0) is 21.2 Å². The number of hydrogen-bond donors (Lipinski definition) is 3. The number of rotatable bonds is 10. The van der Waals surface area contributed by atoms with E-state index in [1.54, 1.807) is 0 Å². The van der Waals surface area contributed by atoms with Crippen molar-refractivity contribution >= 4 is 16.0 Å². The lowest BCUT2D eigenvalue weighted by Gasteiger charge is -2.22. The van der Waals surface area contributed by atoms with Crippen LogP contribution in [0.4, 0.5) is 0 Å². The van der Waals surface area contributed by atoms with Crippen LogP contribution in [-0.4, -0.2) is 74.5 Å². The van der Waals surface area contributed by atoms with Gasteiger partial charge in [0.05, 0.1) is 38.7 Å². The van der Waals surface area contributed by atoms with Crippen LogP contribution < -0.4 is 9.47 Å². The quantitative estimate of drug-likeness (QED) is 0.497. The standard InChI is InChI=1S/C14H21NO8S/c1-22-11-7-10(8-14(18)19)13(9-12(11)23-2)24(20,21)15(3-5-16)4-6-17/h7,9,16-17H,3-6,8H2,1-2H3,(H,18,19). The molecule has 10 heteroatoms. The number of aliphatic hydroxyl groups excluding tert-OH is 2. The number of carboxylic acids is 1. The Hall–Kier alpha value is -1.88. The third-order valence-corrected chi connectivity index (χ3v) is 5.21. The Kier molecular flexibility index (Phi) is 7.42. The van der Waals surface area contributed by atoms with Gasteiger partial charge in [0, 0.05) is 19.2 Å². The van der Waals surface area contributed by atoms with E-state index in [9.17, 15) is 13.2 Å². The minimum atomic E-state index is -4.14. The maximum Gasteiger partial charge on any atom is 0.307 e. The number of ether oxygens (including phenoxy) is 2. The summed E-state index contributed by atoms with van der Waals surface area (Å²) in [4.78, 5) is 10.8. The van der Waals surface area contributed by atoms with Gasteiger partial charge in [-0.25, -0.2) is 8.42 Å². The Bertz CT molecular complexity index is 668. The van der Waals surface area contributed by atoms with Gasteiger partial charge in [0.2, 0.25) is 10.0 Å². The fourth-order valence-electron chi connectivity index (χ4n) is 2.16. The number of aliphatic carboxylic acids is 1. The molecular weight excluding hydrogens is 342 g/mol. The topological polar surface area (TPSA) is 134 Å². The molecule has 9 nitrogen and oxygen atoms in total. The predicted octanol–water partition coefficient (Wildman–Crippen LogP) is -0.694. The molecule has 0 fully saturated rings. The smallest absolute Gasteiger partial charge is 0.307 e. The summed E-state index contributed by atoms with van der Waals surface area (Å²) >= 11 is 0. The lowest BCUT2D eigenvalue weighted by molar-refractivity contribution is -0.136. The summed E-state index contributed by atoms with van der Waals surface area (Å²) in [5, 5.41) is 27.1. The Morgan fingerprint density at radius 3 is 2.00 bits per heavy atom. The van der Waals surface area contributed by atoms with Crippen LogP contribution in [0.3, 0.4) is 0 Å². The third-order valence-electron chi connectivity index (χ3n) is 3.22. The van der Waals surface area contributed by atoms with Crippen molar-refractivity contribution in [1.82, 2.24) is 4.31 Å². The number of sulfonamides is 1. The average molecular weight is 363 g/mol. The first-order valence-corrected chi connectivity index (χ1v) is 8.44. The largest absolute Gasteiger partial charge is 0.493 e. The predicted molar refractivity (Wildman–Crippen MR) is 83.8 cm³/mol. The van der Waals surface area contributed by atoms with Crippen LogP contribution in [0.5, 0.6) is 11.5 Å². The van der Waals surface area contributed by atoms with Crippen molar-refractivity contribution in [1.29, 1.82) is 0 Å². The molecule has 0 aromatic heterocycles. The zero-order chi connectivity index (χ0) is 18.3. The summed E-state index contributed by atoms with van der Waals surface area (Å²) < 4.78 is 36.6. The lowest BCUT2D eigenvalue weighted by atomic mass is 10.1. The first-order chi connectivity index (χ1) is 11.3. The van der Waals surface area contributed by atoms with Gasteiger partial charge in [-0.15, -0.1) is 0 Å². The van der Waals surface area contributed by atoms with Gasteiger partial charge >= 0.3 is 5.97 Å². The Balaban J connectivity index is 3.54. The van der Waals surface area contributed by atoms with Crippen molar-refractivity contribution in [3.63, 3.8) is 0 Å². The van der Waals surface area contributed by atoms with Gasteiger partial charge in [-0.05, 0) is 11.6 Å². The monoisotopic (exact) mass is 363 g/mol. The molecule has 0 atom stereocenters. The fourth-order valence-corrected chi connectivity index (χ4v) is 3.80. The van der Waals surface area contributed by atoms with Crippen LogP contribution in [0.2, 0.25) is 0 Å². The van der Waals surface area contributed by atoms with Gasteiger partial charge in [-0.2, -0.15) is 4.31 Å². The molecule has 0 bridgehead atoms. The van der Waals surface area contributed by atoms with Crippen molar-refractivity contribution in [2.75, 3.05) is 40.5 Å². The minimum absolute atomic E-state index is 0.0148. The molecule has 0 radical (unpaired) electrons. The molecule has 0 heterocycles. The van der Waals surface area contributed by atoms with Crippen molar-refractivity contribution in [3.05, 3.63) is 17.7 Å². The van der Waals surface area contributed by atoms with E-state index >= 15 is 0 Å². The first-order valence-electron chi connectivity index (χ1n) is 7.00. The minimum Gasteiger partial charge on any atom is -0.493 e. The van der Waals surface area contributed by atoms with Crippen LogP contribution in [0.1, 0.15) is 5.56 Å². The van der Waals surface area contributed by atoms with Crippen molar-refractivity contribution in [3.8, 4) is 11.5 Å². The SMILES string of the molecule is COc1cc(CC(=O)O)c(S(=O)(=O)N(CCO)CCO)cc1OC. The number of carbonyl (C=O) groups is 1. The first kappa shape index (κ1) is 20.2. The molecule has 0 saturated carbocycles. The highest BCUT2D eigenvalue weighted by atomic mass is 32.2. The molecule has 3 N–H and O–H groups in total. The number of carboxylic acid groups (broad SMARTS) is 1. The molecule has 0 amide bonds. The van der Waals surface area contributed by atoms with Gasteiger partial charge in [0.15, 0.2) is 11.5 Å². The van der Waals surface area contributed by atoms with E-state index in [0.717, 1.165) is 4.31 Å². The summed E-state index contributed by atoms with van der Waals surface area (Å²) in [6, 6.07) is 2.46. The number of benzene rings is 1. The lowest BCUT2D eigenvalue weighted by Crippen LogP contribution is -2.36. The molecule has 0 aliphatic rings. The fraction of sp³-hybridized carbons (Fsp3) is 0.500. The molecular formula is C14H21NO8S. The molecule has 0 spiro atoms. The van der Waals surface area contributed by atoms with E-state index in [1.165, 1.54) is 26.4 Å². The number of methoxy groups -OCH3 is 2. The second kappa shape index (κ2) is 8.83. The second-order valence-corrected chi connectivity index (χ2v) is 6.64. The Morgan fingerprint density at radius 1 is 1.08 bits per heavy atom. The van der Waals surface area contributed by atoms with Gasteiger partial charge < -0.3 is 24.8 Å². The van der Waals surface area contributed by atoms with Gasteiger partial charge in [-0.3, -0.25) is 4.79 Å². The van der Waals surface area contributed by atoms with E-state index < -0.39 is 35.6 Å². The second-order valence-electron chi connectivity index (χ2n) is 4.74. The highest BCUT2D eigenvalue weighted by Gasteiger charge is 2.29. The van der Waals surface area contributed by atoms with Crippen LogP contribution in [0, 0.1) is 0 Å². The van der Waals surface area contributed by atoms with Crippen molar-refractivity contribution in [2.24, 2.45) is 0 Å². The summed E-state index contributed by atoms with van der Waals surface area (Å²) in [7, 11) is -1.47. The Morgan fingerprint density at radius 2 is 1.58 bits per heavy atom.